The smallest absolute Gasteiger partial charge is 0.257 e. The van der Waals surface area contributed by atoms with Crippen molar-refractivity contribution < 1.29 is 18.7 Å². The van der Waals surface area contributed by atoms with Crippen LogP contribution in [-0.4, -0.2) is 43.8 Å². The Morgan fingerprint density at radius 2 is 2.13 bits per heavy atom. The number of para-hydroxylation sites is 1. The van der Waals surface area contributed by atoms with Crippen LogP contribution in [0, 0.1) is 5.82 Å². The molecule has 1 N–H and O–H groups in total. The fourth-order valence-corrected chi connectivity index (χ4v) is 3.63. The number of methoxy groups -OCH3 is 1. The number of carbonyl (C=O) groups excluding carboxylic acids is 1. The number of piperidine rings is 1. The highest BCUT2D eigenvalue weighted by molar-refractivity contribution is 6.31. The van der Waals surface area contributed by atoms with Gasteiger partial charge in [-0.15, -0.1) is 0 Å². The minimum Gasteiger partial charge on any atom is -0.493 e. The molecule has 2 aromatic rings. The number of hydrogen-bond donors (Lipinski definition) is 1. The molecule has 0 radical (unpaired) electrons. The highest BCUT2D eigenvalue weighted by Gasteiger charge is 2.25. The molecule has 0 aliphatic carbocycles. The lowest BCUT2D eigenvalue weighted by Gasteiger charge is -2.30. The van der Waals surface area contributed by atoms with E-state index in [1.165, 1.54) is 25.5 Å². The van der Waals surface area contributed by atoms with Crippen LogP contribution in [0.2, 0.25) is 5.02 Å². The Morgan fingerprint density at radius 3 is 2.87 bits per heavy atom. The van der Waals surface area contributed by atoms with Crippen molar-refractivity contribution in [1.29, 1.82) is 0 Å². The third-order valence-electron chi connectivity index (χ3n) is 5.10. The molecule has 0 aromatic heterocycles. The van der Waals surface area contributed by atoms with Crippen LogP contribution in [0.5, 0.6) is 11.5 Å². The van der Waals surface area contributed by atoms with E-state index in [0.29, 0.717) is 17.1 Å². The maximum Gasteiger partial charge on any atom is 0.257 e. The van der Waals surface area contributed by atoms with Crippen LogP contribution in [0.4, 0.5) is 4.39 Å². The van der Waals surface area contributed by atoms with Gasteiger partial charge >= 0.3 is 0 Å². The van der Waals surface area contributed by atoms with E-state index >= 15 is 0 Å². The lowest BCUT2D eigenvalue weighted by atomic mass is 10.0. The Morgan fingerprint density at radius 1 is 1.33 bits per heavy atom. The summed E-state index contributed by atoms with van der Waals surface area (Å²) in [5.41, 5.74) is 3.43. The molecule has 8 heteroatoms. The van der Waals surface area contributed by atoms with Crippen LogP contribution in [0.25, 0.3) is 0 Å². The number of ether oxygens (including phenoxy) is 2. The number of carbonyl (C=O) groups is 1. The lowest BCUT2D eigenvalue weighted by Crippen LogP contribution is -2.46. The molecule has 6 nitrogen and oxygen atoms in total. The summed E-state index contributed by atoms with van der Waals surface area (Å²) in [7, 11) is 3.45. The molecule has 1 aliphatic rings. The number of likely N-dealkylation sites (N-methyl/N-ethyl adjacent to an activating group) is 1. The number of nitrogens with one attached hydrogen (secondary N) is 1. The average Bonchev–Trinajstić information content (AvgIpc) is 2.74. The summed E-state index contributed by atoms with van der Waals surface area (Å²) in [5, 5.41) is 4.37. The molecule has 0 spiro atoms. The summed E-state index contributed by atoms with van der Waals surface area (Å²) in [5.74, 6) is 0.255. The molecular formula is C22H25ClFN3O3. The van der Waals surface area contributed by atoms with Gasteiger partial charge in [0.05, 0.1) is 24.4 Å². The number of halogens is 2. The second-order valence-corrected chi connectivity index (χ2v) is 7.50. The second kappa shape index (κ2) is 10.4. The van der Waals surface area contributed by atoms with Crippen molar-refractivity contribution in [3.8, 4) is 11.5 Å². The van der Waals surface area contributed by atoms with E-state index < -0.39 is 5.82 Å². The Bertz CT molecular complexity index is 902. The van der Waals surface area contributed by atoms with Gasteiger partial charge in [-0.05, 0) is 50.7 Å². The Hall–Kier alpha value is -2.64. The monoisotopic (exact) mass is 433 g/mol. The number of hydrazone groups is 1. The zero-order valence-corrected chi connectivity index (χ0v) is 17.8. The molecule has 160 valence electrons. The highest BCUT2D eigenvalue weighted by atomic mass is 35.5. The first-order chi connectivity index (χ1) is 14.5. The Labute approximate surface area is 180 Å². The highest BCUT2D eigenvalue weighted by Crippen LogP contribution is 2.32. The van der Waals surface area contributed by atoms with Gasteiger partial charge in [-0.3, -0.25) is 9.69 Å². The van der Waals surface area contributed by atoms with Crippen LogP contribution >= 0.6 is 11.6 Å². The van der Waals surface area contributed by atoms with Crippen molar-refractivity contribution >= 4 is 23.7 Å². The standard InChI is InChI=1S/C22H25ClFN3O3/c1-27-12-4-3-10-19(27)22(28)26-25-13-15-7-5-11-20(29-2)21(15)30-14-16-17(23)8-6-9-18(16)24/h5-9,11,13,19H,3-4,10,12,14H2,1-2H3,(H,26,28)/b25-13-/t19-/m1/s1. The summed E-state index contributed by atoms with van der Waals surface area (Å²) < 4.78 is 25.3. The predicted molar refractivity (Wildman–Crippen MR) is 115 cm³/mol. The number of likely N-dealkylation sites (tertiary alicyclic amines) is 1. The van der Waals surface area contributed by atoms with Crippen LogP contribution < -0.4 is 14.9 Å². The molecular weight excluding hydrogens is 409 g/mol. The molecule has 1 saturated heterocycles. The quantitative estimate of drug-likeness (QED) is 0.529. The molecule has 3 rings (SSSR count). The van der Waals surface area contributed by atoms with Gasteiger partial charge in [0.2, 0.25) is 0 Å². The van der Waals surface area contributed by atoms with Gasteiger partial charge in [0, 0.05) is 11.1 Å². The van der Waals surface area contributed by atoms with Crippen molar-refractivity contribution in [3.05, 3.63) is 58.4 Å². The molecule has 30 heavy (non-hydrogen) atoms. The van der Waals surface area contributed by atoms with Gasteiger partial charge in [-0.2, -0.15) is 5.10 Å². The SMILES string of the molecule is COc1cccc(/C=N\NC(=O)[C@H]2CCCCN2C)c1OCc1c(F)cccc1Cl. The van der Waals surface area contributed by atoms with E-state index in [1.807, 2.05) is 11.9 Å². The van der Waals surface area contributed by atoms with Crippen LogP contribution in [0.3, 0.4) is 0 Å². The fourth-order valence-electron chi connectivity index (χ4n) is 3.41. The van der Waals surface area contributed by atoms with Crippen LogP contribution in [-0.2, 0) is 11.4 Å². The van der Waals surface area contributed by atoms with E-state index in [2.05, 4.69) is 10.5 Å². The molecule has 0 unspecified atom stereocenters. The maximum atomic E-state index is 14.1. The van der Waals surface area contributed by atoms with Gasteiger partial charge in [0.15, 0.2) is 11.5 Å². The van der Waals surface area contributed by atoms with Crippen molar-refractivity contribution in [2.45, 2.75) is 31.9 Å². The summed E-state index contributed by atoms with van der Waals surface area (Å²) >= 11 is 6.08. The van der Waals surface area contributed by atoms with Crippen molar-refractivity contribution in [2.75, 3.05) is 20.7 Å². The third kappa shape index (κ3) is 5.29. The van der Waals surface area contributed by atoms with Gasteiger partial charge in [-0.1, -0.05) is 30.2 Å². The second-order valence-electron chi connectivity index (χ2n) is 7.09. The Balaban J connectivity index is 1.73. The van der Waals surface area contributed by atoms with E-state index in [1.54, 1.807) is 24.3 Å². The fraction of sp³-hybridized carbons (Fsp3) is 0.364. The van der Waals surface area contributed by atoms with E-state index in [0.717, 1.165) is 25.8 Å². The number of nitrogens with zero attached hydrogens (tertiary/aromatic N) is 2. The topological polar surface area (TPSA) is 63.2 Å². The van der Waals surface area contributed by atoms with Crippen molar-refractivity contribution in [1.82, 2.24) is 10.3 Å². The molecule has 1 aliphatic heterocycles. The molecule has 1 heterocycles. The molecule has 1 fully saturated rings. The summed E-state index contributed by atoms with van der Waals surface area (Å²) in [6, 6.07) is 9.56. The molecule has 0 saturated carbocycles. The largest absolute Gasteiger partial charge is 0.493 e. The van der Waals surface area contributed by atoms with Crippen LogP contribution in [0.1, 0.15) is 30.4 Å². The molecule has 1 atom stereocenters. The van der Waals surface area contributed by atoms with Gasteiger partial charge in [0.25, 0.3) is 5.91 Å². The van der Waals surface area contributed by atoms with Crippen LogP contribution in [0.15, 0.2) is 41.5 Å². The van der Waals surface area contributed by atoms with E-state index in [9.17, 15) is 9.18 Å². The Kier molecular flexibility index (Phi) is 7.65. The first kappa shape index (κ1) is 22.1. The minimum atomic E-state index is -0.448. The number of rotatable bonds is 7. The zero-order chi connectivity index (χ0) is 21.5. The van der Waals surface area contributed by atoms with Gasteiger partial charge in [-0.25, -0.2) is 9.82 Å². The van der Waals surface area contributed by atoms with Crippen molar-refractivity contribution in [3.63, 3.8) is 0 Å². The zero-order valence-electron chi connectivity index (χ0n) is 17.0. The summed E-state index contributed by atoms with van der Waals surface area (Å²) in [4.78, 5) is 14.4. The predicted octanol–water partition coefficient (Wildman–Crippen LogP) is 4.00. The first-order valence-electron chi connectivity index (χ1n) is 9.77. The molecule has 1 amide bonds. The van der Waals surface area contributed by atoms with E-state index in [-0.39, 0.29) is 29.1 Å². The number of hydrogen-bond acceptors (Lipinski definition) is 5. The first-order valence-corrected chi connectivity index (χ1v) is 10.1. The number of amides is 1. The normalized spacial score (nSPS) is 17.1. The average molecular weight is 434 g/mol. The maximum absolute atomic E-state index is 14.1. The number of benzene rings is 2. The van der Waals surface area contributed by atoms with E-state index in [4.69, 9.17) is 21.1 Å². The minimum absolute atomic E-state index is 0.0774. The molecule has 0 bridgehead atoms. The third-order valence-corrected chi connectivity index (χ3v) is 5.46. The lowest BCUT2D eigenvalue weighted by molar-refractivity contribution is -0.126. The van der Waals surface area contributed by atoms with Gasteiger partial charge < -0.3 is 9.47 Å². The summed E-state index contributed by atoms with van der Waals surface area (Å²) in [6.45, 7) is 0.820. The van der Waals surface area contributed by atoms with Crippen molar-refractivity contribution in [2.24, 2.45) is 5.10 Å². The molecule has 2 aromatic carbocycles. The van der Waals surface area contributed by atoms with Gasteiger partial charge in [0.1, 0.15) is 12.4 Å². The summed E-state index contributed by atoms with van der Waals surface area (Å²) in [6.07, 6.45) is 4.43.